The Morgan fingerprint density at radius 2 is 1.80 bits per heavy atom. The third-order valence-electron chi connectivity index (χ3n) is 5.90. The van der Waals surface area contributed by atoms with E-state index in [0.29, 0.717) is 6.04 Å². The van der Waals surface area contributed by atoms with E-state index in [1.807, 2.05) is 26.8 Å². The van der Waals surface area contributed by atoms with Gasteiger partial charge < -0.3 is 20.7 Å². The Balaban J connectivity index is 1.42. The molecule has 7 heteroatoms. The number of hydrogen-bond donors (Lipinski definition) is 3. The molecule has 3 N–H and O–H groups in total. The number of guanidine groups is 1. The van der Waals surface area contributed by atoms with Crippen molar-refractivity contribution in [2.45, 2.75) is 82.4 Å². The normalized spacial score (nSPS) is 23.4. The van der Waals surface area contributed by atoms with E-state index in [2.05, 4.69) is 20.9 Å². The van der Waals surface area contributed by atoms with E-state index in [-0.39, 0.29) is 23.4 Å². The van der Waals surface area contributed by atoms with Gasteiger partial charge in [-0.2, -0.15) is 0 Å². The van der Waals surface area contributed by atoms with Crippen LogP contribution in [-0.4, -0.2) is 43.3 Å². The highest BCUT2D eigenvalue weighted by atomic mass is 19.1. The van der Waals surface area contributed by atoms with E-state index in [4.69, 9.17) is 4.74 Å². The zero-order valence-corrected chi connectivity index (χ0v) is 18.6. The van der Waals surface area contributed by atoms with Gasteiger partial charge in [0.15, 0.2) is 5.96 Å². The Kier molecular flexibility index (Phi) is 6.88. The Labute approximate surface area is 179 Å². The van der Waals surface area contributed by atoms with Crippen molar-refractivity contribution in [3.63, 3.8) is 0 Å². The molecule has 0 spiro atoms. The number of aliphatic imine (C=N–C) groups is 1. The van der Waals surface area contributed by atoms with Crippen LogP contribution in [0, 0.1) is 5.82 Å². The fourth-order valence-electron chi connectivity index (χ4n) is 4.03. The standard InChI is InChI=1S/C23H35FN4O2/c1-22(2,3)30-21(29)28-19-10-8-18(9-11-19)27-20(25-4)26-15-23(12-13-23)16-6-5-7-17(24)14-16/h5-7,14,18-19H,8-13,15H2,1-4H3,(H,28,29)(H2,25,26,27). The first kappa shape index (κ1) is 22.4. The molecule has 1 amide bonds. The molecule has 1 aromatic rings. The van der Waals surface area contributed by atoms with Gasteiger partial charge in [-0.05, 0) is 77.0 Å². The monoisotopic (exact) mass is 418 g/mol. The van der Waals surface area contributed by atoms with Gasteiger partial charge >= 0.3 is 6.09 Å². The number of ether oxygens (including phenoxy) is 1. The lowest BCUT2D eigenvalue weighted by atomic mass is 9.91. The van der Waals surface area contributed by atoms with Gasteiger partial charge in [0.2, 0.25) is 0 Å². The summed E-state index contributed by atoms with van der Waals surface area (Å²) in [5.74, 6) is 0.597. The van der Waals surface area contributed by atoms with Crippen molar-refractivity contribution in [3.05, 3.63) is 35.6 Å². The molecular formula is C23H35FN4O2. The van der Waals surface area contributed by atoms with Gasteiger partial charge in [-0.1, -0.05) is 12.1 Å². The Morgan fingerprint density at radius 1 is 1.17 bits per heavy atom. The first-order valence-electron chi connectivity index (χ1n) is 10.9. The first-order valence-corrected chi connectivity index (χ1v) is 10.9. The molecule has 2 fully saturated rings. The first-order chi connectivity index (χ1) is 14.2. The van der Waals surface area contributed by atoms with Gasteiger partial charge in [0.1, 0.15) is 11.4 Å². The molecular weight excluding hydrogens is 383 g/mol. The van der Waals surface area contributed by atoms with Crippen molar-refractivity contribution < 1.29 is 13.9 Å². The topological polar surface area (TPSA) is 74.8 Å². The van der Waals surface area contributed by atoms with E-state index < -0.39 is 5.60 Å². The SMILES string of the molecule is CN=C(NCC1(c2cccc(F)c2)CC1)NC1CCC(NC(=O)OC(C)(C)C)CC1. The van der Waals surface area contributed by atoms with Crippen molar-refractivity contribution >= 4 is 12.1 Å². The second kappa shape index (κ2) is 9.23. The van der Waals surface area contributed by atoms with Crippen molar-refractivity contribution in [1.29, 1.82) is 0 Å². The predicted molar refractivity (Wildman–Crippen MR) is 117 cm³/mol. The van der Waals surface area contributed by atoms with Gasteiger partial charge in [0, 0.05) is 31.1 Å². The molecule has 2 saturated carbocycles. The third kappa shape index (κ3) is 6.34. The summed E-state index contributed by atoms with van der Waals surface area (Å²) in [5.41, 5.74) is 0.583. The van der Waals surface area contributed by atoms with Crippen LogP contribution in [0.3, 0.4) is 0 Å². The molecule has 166 valence electrons. The smallest absolute Gasteiger partial charge is 0.407 e. The van der Waals surface area contributed by atoms with Gasteiger partial charge in [0.05, 0.1) is 0 Å². The predicted octanol–water partition coefficient (Wildman–Crippen LogP) is 3.86. The highest BCUT2D eigenvalue weighted by Crippen LogP contribution is 2.47. The van der Waals surface area contributed by atoms with E-state index in [0.717, 1.165) is 56.6 Å². The number of hydrogen-bond acceptors (Lipinski definition) is 3. The van der Waals surface area contributed by atoms with E-state index in [1.54, 1.807) is 19.2 Å². The summed E-state index contributed by atoms with van der Waals surface area (Å²) in [6.45, 7) is 6.34. The van der Waals surface area contributed by atoms with Crippen LogP contribution in [0.25, 0.3) is 0 Å². The molecule has 0 unspecified atom stereocenters. The molecule has 1 aromatic carbocycles. The van der Waals surface area contributed by atoms with E-state index in [9.17, 15) is 9.18 Å². The number of nitrogens with zero attached hydrogens (tertiary/aromatic N) is 1. The molecule has 2 aliphatic carbocycles. The van der Waals surface area contributed by atoms with Crippen LogP contribution in [-0.2, 0) is 10.2 Å². The van der Waals surface area contributed by atoms with E-state index in [1.165, 1.54) is 6.07 Å². The minimum atomic E-state index is -0.481. The molecule has 3 rings (SSSR count). The molecule has 0 bridgehead atoms. The molecule has 6 nitrogen and oxygen atoms in total. The number of amides is 1. The summed E-state index contributed by atoms with van der Waals surface area (Å²) in [4.78, 5) is 16.3. The number of halogens is 1. The summed E-state index contributed by atoms with van der Waals surface area (Å²) < 4.78 is 18.9. The minimum absolute atomic E-state index is 0.00865. The van der Waals surface area contributed by atoms with Crippen LogP contribution in [0.4, 0.5) is 9.18 Å². The van der Waals surface area contributed by atoms with E-state index >= 15 is 0 Å². The molecule has 0 radical (unpaired) electrons. The lowest BCUT2D eigenvalue weighted by molar-refractivity contribution is 0.0490. The van der Waals surface area contributed by atoms with Crippen molar-refractivity contribution in [2.24, 2.45) is 4.99 Å². The van der Waals surface area contributed by atoms with Crippen LogP contribution in [0.1, 0.15) is 64.9 Å². The van der Waals surface area contributed by atoms with Crippen LogP contribution in [0.5, 0.6) is 0 Å². The largest absolute Gasteiger partial charge is 0.444 e. The second-order valence-electron chi connectivity index (χ2n) is 9.56. The lowest BCUT2D eigenvalue weighted by Crippen LogP contribution is -2.49. The fourth-order valence-corrected chi connectivity index (χ4v) is 4.03. The maximum Gasteiger partial charge on any atom is 0.407 e. The molecule has 0 atom stereocenters. The third-order valence-corrected chi connectivity index (χ3v) is 5.90. The van der Waals surface area contributed by atoms with Crippen molar-refractivity contribution in [3.8, 4) is 0 Å². The maximum absolute atomic E-state index is 13.6. The molecule has 2 aliphatic rings. The molecule has 0 aromatic heterocycles. The zero-order valence-electron chi connectivity index (χ0n) is 18.6. The van der Waals surface area contributed by atoms with Crippen LogP contribution in [0.15, 0.2) is 29.3 Å². The average molecular weight is 419 g/mol. The number of rotatable bonds is 5. The highest BCUT2D eigenvalue weighted by molar-refractivity contribution is 5.80. The minimum Gasteiger partial charge on any atom is -0.444 e. The average Bonchev–Trinajstić information content (AvgIpc) is 3.46. The number of benzene rings is 1. The Morgan fingerprint density at radius 3 is 2.33 bits per heavy atom. The summed E-state index contributed by atoms with van der Waals surface area (Å²) >= 11 is 0. The highest BCUT2D eigenvalue weighted by Gasteiger charge is 2.44. The van der Waals surface area contributed by atoms with Crippen LogP contribution in [0.2, 0.25) is 0 Å². The molecule has 0 aliphatic heterocycles. The van der Waals surface area contributed by atoms with Gasteiger partial charge in [-0.25, -0.2) is 9.18 Å². The quantitative estimate of drug-likeness (QED) is 0.501. The Hall–Kier alpha value is -2.31. The lowest BCUT2D eigenvalue weighted by Gasteiger charge is -2.31. The van der Waals surface area contributed by atoms with Crippen LogP contribution >= 0.6 is 0 Å². The van der Waals surface area contributed by atoms with Crippen LogP contribution < -0.4 is 16.0 Å². The number of carbonyl (C=O) groups is 1. The number of nitrogens with one attached hydrogen (secondary N) is 3. The van der Waals surface area contributed by atoms with Gasteiger partial charge in [-0.3, -0.25) is 4.99 Å². The summed E-state index contributed by atoms with van der Waals surface area (Å²) in [6, 6.07) is 7.38. The number of carbonyl (C=O) groups excluding carboxylic acids is 1. The summed E-state index contributed by atoms with van der Waals surface area (Å²) in [7, 11) is 1.77. The number of alkyl carbamates (subject to hydrolysis) is 1. The Bertz CT molecular complexity index is 763. The maximum atomic E-state index is 13.6. The molecule has 30 heavy (non-hydrogen) atoms. The second-order valence-corrected chi connectivity index (χ2v) is 9.56. The van der Waals surface area contributed by atoms with Crippen molar-refractivity contribution in [1.82, 2.24) is 16.0 Å². The fraction of sp³-hybridized carbons (Fsp3) is 0.652. The van der Waals surface area contributed by atoms with Crippen molar-refractivity contribution in [2.75, 3.05) is 13.6 Å². The molecule has 0 saturated heterocycles. The summed E-state index contributed by atoms with van der Waals surface area (Å²) in [6.07, 6.45) is 5.49. The molecule has 0 heterocycles. The zero-order chi connectivity index (χ0) is 21.8. The van der Waals surface area contributed by atoms with Gasteiger partial charge in [0.25, 0.3) is 0 Å². The summed E-state index contributed by atoms with van der Waals surface area (Å²) in [5, 5.41) is 9.91. The van der Waals surface area contributed by atoms with Gasteiger partial charge in [-0.15, -0.1) is 0 Å².